The Hall–Kier alpha value is -0.760. The maximum absolute atomic E-state index is 5.98. The smallest absolute Gasteiger partial charge is 0.213 e. The van der Waals surface area contributed by atoms with Crippen LogP contribution in [0.5, 0.6) is 5.88 Å². The zero-order valence-electron chi connectivity index (χ0n) is 8.12. The molecule has 1 aromatic heterocycles. The summed E-state index contributed by atoms with van der Waals surface area (Å²) in [6.45, 7) is 4.02. The van der Waals surface area contributed by atoms with Gasteiger partial charge in [-0.1, -0.05) is 13.0 Å². The first-order valence-corrected chi connectivity index (χ1v) is 4.73. The maximum Gasteiger partial charge on any atom is 0.213 e. The minimum absolute atomic E-state index is 0.0830. The molecule has 0 aliphatic carbocycles. The normalized spacial score (nSPS) is 15.1. The van der Waals surface area contributed by atoms with Crippen molar-refractivity contribution in [2.24, 2.45) is 0 Å². The van der Waals surface area contributed by atoms with Crippen molar-refractivity contribution < 1.29 is 4.74 Å². The van der Waals surface area contributed by atoms with Gasteiger partial charge in [-0.25, -0.2) is 4.98 Å². The van der Waals surface area contributed by atoms with Crippen LogP contribution >= 0.6 is 11.6 Å². The topological polar surface area (TPSA) is 22.1 Å². The number of rotatable bonds is 3. The number of aromatic nitrogens is 1. The molecule has 0 aliphatic heterocycles. The third-order valence-corrected chi connectivity index (χ3v) is 2.49. The van der Waals surface area contributed by atoms with Gasteiger partial charge in [0.25, 0.3) is 0 Å². The largest absolute Gasteiger partial charge is 0.481 e. The fourth-order valence-electron chi connectivity index (χ4n) is 1.03. The third kappa shape index (κ3) is 2.59. The summed E-state index contributed by atoms with van der Waals surface area (Å²) in [7, 11) is 1.61. The second-order valence-corrected chi connectivity index (χ2v) is 3.76. The van der Waals surface area contributed by atoms with Gasteiger partial charge in [-0.05, 0) is 13.0 Å². The summed E-state index contributed by atoms with van der Waals surface area (Å²) in [6, 6.07) is 5.72. The summed E-state index contributed by atoms with van der Waals surface area (Å²) in [5, 5.41) is 0.0830. The van der Waals surface area contributed by atoms with E-state index in [0.717, 1.165) is 5.69 Å². The van der Waals surface area contributed by atoms with Crippen molar-refractivity contribution in [2.45, 2.75) is 25.1 Å². The number of ether oxygens (including phenoxy) is 1. The van der Waals surface area contributed by atoms with E-state index < -0.39 is 0 Å². The highest BCUT2D eigenvalue weighted by Gasteiger charge is 2.13. The molecular weight excluding hydrogens is 186 g/mol. The van der Waals surface area contributed by atoms with Crippen molar-refractivity contribution in [1.29, 1.82) is 0 Å². The van der Waals surface area contributed by atoms with Crippen LogP contribution in [0.4, 0.5) is 0 Å². The molecular formula is C10H14ClNO. The van der Waals surface area contributed by atoms with Gasteiger partial charge in [0.15, 0.2) is 0 Å². The molecule has 0 N–H and O–H groups in total. The molecule has 2 atom stereocenters. The van der Waals surface area contributed by atoms with E-state index in [1.807, 2.05) is 25.1 Å². The van der Waals surface area contributed by atoms with Crippen LogP contribution in [0.3, 0.4) is 0 Å². The van der Waals surface area contributed by atoms with Gasteiger partial charge in [0, 0.05) is 23.1 Å². The van der Waals surface area contributed by atoms with Gasteiger partial charge in [0.1, 0.15) is 0 Å². The molecule has 1 rings (SSSR count). The van der Waals surface area contributed by atoms with E-state index in [9.17, 15) is 0 Å². The minimum atomic E-state index is 0.0830. The molecule has 0 aromatic carbocycles. The van der Waals surface area contributed by atoms with Crippen LogP contribution in [-0.4, -0.2) is 17.5 Å². The van der Waals surface area contributed by atoms with Crippen LogP contribution in [0.15, 0.2) is 18.2 Å². The highest BCUT2D eigenvalue weighted by Crippen LogP contribution is 2.22. The number of halogens is 1. The molecule has 0 bridgehead atoms. The molecule has 13 heavy (non-hydrogen) atoms. The highest BCUT2D eigenvalue weighted by molar-refractivity contribution is 6.20. The Bertz CT molecular complexity index is 275. The van der Waals surface area contributed by atoms with Crippen LogP contribution in [0.1, 0.15) is 25.5 Å². The van der Waals surface area contributed by atoms with E-state index in [0.29, 0.717) is 5.88 Å². The maximum atomic E-state index is 5.98. The predicted octanol–water partition coefficient (Wildman–Crippen LogP) is 2.82. The molecule has 1 aromatic rings. The molecule has 0 amide bonds. The lowest BCUT2D eigenvalue weighted by atomic mass is 10.0. The van der Waals surface area contributed by atoms with Crippen LogP contribution in [0, 0.1) is 0 Å². The molecule has 0 saturated heterocycles. The van der Waals surface area contributed by atoms with E-state index in [4.69, 9.17) is 16.3 Å². The van der Waals surface area contributed by atoms with Crippen LogP contribution in [0.25, 0.3) is 0 Å². The van der Waals surface area contributed by atoms with Crippen molar-refractivity contribution in [2.75, 3.05) is 7.11 Å². The van der Waals surface area contributed by atoms with Crippen LogP contribution < -0.4 is 4.74 Å². The van der Waals surface area contributed by atoms with Gasteiger partial charge in [-0.2, -0.15) is 0 Å². The average Bonchev–Trinajstić information content (AvgIpc) is 2.16. The first-order valence-electron chi connectivity index (χ1n) is 4.30. The van der Waals surface area contributed by atoms with Gasteiger partial charge in [-0.15, -0.1) is 11.6 Å². The average molecular weight is 200 g/mol. The van der Waals surface area contributed by atoms with Gasteiger partial charge in [0.2, 0.25) is 5.88 Å². The van der Waals surface area contributed by atoms with E-state index >= 15 is 0 Å². The van der Waals surface area contributed by atoms with Gasteiger partial charge in [-0.3, -0.25) is 0 Å². The van der Waals surface area contributed by atoms with Crippen molar-refractivity contribution in [3.05, 3.63) is 23.9 Å². The first kappa shape index (κ1) is 10.3. The molecule has 3 heteroatoms. The number of alkyl halides is 1. The third-order valence-electron chi connectivity index (χ3n) is 2.11. The SMILES string of the molecule is COc1cccc(C(C)C(C)Cl)n1. The fraction of sp³-hybridized carbons (Fsp3) is 0.500. The van der Waals surface area contributed by atoms with E-state index in [1.165, 1.54) is 0 Å². The number of methoxy groups -OCH3 is 1. The quantitative estimate of drug-likeness (QED) is 0.699. The minimum Gasteiger partial charge on any atom is -0.481 e. The first-order chi connectivity index (χ1) is 6.15. The van der Waals surface area contributed by atoms with Crippen molar-refractivity contribution in [3.63, 3.8) is 0 Å². The van der Waals surface area contributed by atoms with Crippen LogP contribution in [0.2, 0.25) is 0 Å². The molecule has 0 fully saturated rings. The van der Waals surface area contributed by atoms with E-state index in [-0.39, 0.29) is 11.3 Å². The van der Waals surface area contributed by atoms with Gasteiger partial charge < -0.3 is 4.74 Å². The van der Waals surface area contributed by atoms with Crippen molar-refractivity contribution in [1.82, 2.24) is 4.98 Å². The summed E-state index contributed by atoms with van der Waals surface area (Å²) in [5.41, 5.74) is 0.974. The van der Waals surface area contributed by atoms with Gasteiger partial charge in [0.05, 0.1) is 7.11 Å². The lowest BCUT2D eigenvalue weighted by Gasteiger charge is -2.13. The van der Waals surface area contributed by atoms with Crippen LogP contribution in [-0.2, 0) is 0 Å². The fourth-order valence-corrected chi connectivity index (χ4v) is 1.16. The van der Waals surface area contributed by atoms with E-state index in [1.54, 1.807) is 7.11 Å². The zero-order valence-corrected chi connectivity index (χ0v) is 8.88. The highest BCUT2D eigenvalue weighted by atomic mass is 35.5. The Morgan fingerprint density at radius 1 is 1.38 bits per heavy atom. The molecule has 0 aliphatic rings. The second-order valence-electron chi connectivity index (χ2n) is 3.07. The molecule has 0 saturated carbocycles. The number of hydrogen-bond acceptors (Lipinski definition) is 2. The summed E-state index contributed by atoms with van der Waals surface area (Å²) in [4.78, 5) is 4.31. The summed E-state index contributed by atoms with van der Waals surface area (Å²) in [6.07, 6.45) is 0. The molecule has 0 radical (unpaired) electrons. The second kappa shape index (κ2) is 4.47. The number of hydrogen-bond donors (Lipinski definition) is 0. The van der Waals surface area contributed by atoms with E-state index in [2.05, 4.69) is 11.9 Å². The Morgan fingerprint density at radius 2 is 2.08 bits per heavy atom. The molecule has 72 valence electrons. The summed E-state index contributed by atoms with van der Waals surface area (Å²) in [5.74, 6) is 0.887. The Labute approximate surface area is 83.9 Å². The predicted molar refractivity (Wildman–Crippen MR) is 54.5 cm³/mol. The summed E-state index contributed by atoms with van der Waals surface area (Å²) >= 11 is 5.98. The lowest BCUT2D eigenvalue weighted by molar-refractivity contribution is 0.395. The standard InChI is InChI=1S/C10H14ClNO/c1-7(8(2)11)9-5-4-6-10(12-9)13-3/h4-8H,1-3H3. The zero-order chi connectivity index (χ0) is 9.84. The van der Waals surface area contributed by atoms with Crippen molar-refractivity contribution >= 4 is 11.6 Å². The Balaban J connectivity index is 2.88. The number of pyridine rings is 1. The van der Waals surface area contributed by atoms with Crippen molar-refractivity contribution in [3.8, 4) is 5.88 Å². The Kier molecular flexibility index (Phi) is 3.55. The summed E-state index contributed by atoms with van der Waals surface area (Å²) < 4.78 is 5.03. The number of nitrogens with zero attached hydrogens (tertiary/aromatic N) is 1. The van der Waals surface area contributed by atoms with Gasteiger partial charge >= 0.3 is 0 Å². The molecule has 0 spiro atoms. The Morgan fingerprint density at radius 3 is 2.62 bits per heavy atom. The molecule has 2 nitrogen and oxygen atoms in total. The lowest BCUT2D eigenvalue weighted by Crippen LogP contribution is -2.07. The molecule has 2 unspecified atom stereocenters. The monoisotopic (exact) mass is 199 g/mol. The molecule has 1 heterocycles.